The lowest BCUT2D eigenvalue weighted by Crippen LogP contribution is -2.38. The smallest absolute Gasteiger partial charge is 0.274 e. The molecule has 0 aliphatic carbocycles. The summed E-state index contributed by atoms with van der Waals surface area (Å²) in [5.74, 6) is -0.390. The molecule has 0 bridgehead atoms. The average molecular weight is 212 g/mol. The summed E-state index contributed by atoms with van der Waals surface area (Å²) < 4.78 is 0. The molecule has 0 unspecified atom stereocenters. The number of carbonyl (C=O) groups excluding carboxylic acids is 1. The fourth-order valence-corrected chi connectivity index (χ4v) is 0.991. The standard InChI is InChI=1S/C9H16N4O2/c1-5-6(10)7(13-12-5)8(14)11-4-9(2,3)15/h15H,4,10H2,1-3H3,(H,11,14)(H,12,13). The van der Waals surface area contributed by atoms with Gasteiger partial charge in [0.2, 0.25) is 0 Å². The van der Waals surface area contributed by atoms with Gasteiger partial charge in [0, 0.05) is 6.54 Å². The Bertz CT molecular complexity index is 365. The van der Waals surface area contributed by atoms with Gasteiger partial charge in [0.25, 0.3) is 5.91 Å². The molecule has 0 saturated carbocycles. The normalized spacial score (nSPS) is 11.5. The van der Waals surface area contributed by atoms with Crippen LogP contribution >= 0.6 is 0 Å². The first kappa shape index (κ1) is 11.5. The Morgan fingerprint density at radius 3 is 2.67 bits per heavy atom. The summed E-state index contributed by atoms with van der Waals surface area (Å²) >= 11 is 0. The van der Waals surface area contributed by atoms with Gasteiger partial charge in [-0.25, -0.2) is 0 Å². The van der Waals surface area contributed by atoms with Crippen molar-refractivity contribution in [3.05, 3.63) is 11.4 Å². The zero-order chi connectivity index (χ0) is 11.6. The van der Waals surface area contributed by atoms with E-state index in [2.05, 4.69) is 15.5 Å². The third kappa shape index (κ3) is 2.95. The van der Waals surface area contributed by atoms with Gasteiger partial charge in [0.15, 0.2) is 5.69 Å². The number of hydrogen-bond donors (Lipinski definition) is 4. The molecule has 6 nitrogen and oxygen atoms in total. The highest BCUT2D eigenvalue weighted by atomic mass is 16.3. The molecular formula is C9H16N4O2. The number of aromatic nitrogens is 2. The Kier molecular flexibility index (Phi) is 2.99. The number of aryl methyl sites for hydroxylation is 1. The molecule has 1 aromatic heterocycles. The van der Waals surface area contributed by atoms with Crippen LogP contribution in [-0.4, -0.2) is 33.4 Å². The maximum atomic E-state index is 11.5. The van der Waals surface area contributed by atoms with Gasteiger partial charge in [-0.05, 0) is 20.8 Å². The molecule has 0 radical (unpaired) electrons. The number of aromatic amines is 1. The molecule has 1 aromatic rings. The van der Waals surface area contributed by atoms with Gasteiger partial charge in [-0.15, -0.1) is 0 Å². The Morgan fingerprint density at radius 1 is 1.67 bits per heavy atom. The lowest BCUT2D eigenvalue weighted by Gasteiger charge is -2.17. The molecule has 1 heterocycles. The third-order valence-electron chi connectivity index (χ3n) is 1.89. The highest BCUT2D eigenvalue weighted by Gasteiger charge is 2.18. The van der Waals surface area contributed by atoms with E-state index in [1.807, 2.05) is 0 Å². The van der Waals surface area contributed by atoms with Gasteiger partial charge in [-0.1, -0.05) is 0 Å². The fraction of sp³-hybridized carbons (Fsp3) is 0.556. The summed E-state index contributed by atoms with van der Waals surface area (Å²) in [5, 5.41) is 18.3. The third-order valence-corrected chi connectivity index (χ3v) is 1.89. The molecular weight excluding hydrogens is 196 g/mol. The van der Waals surface area contributed by atoms with E-state index in [9.17, 15) is 9.90 Å². The molecule has 5 N–H and O–H groups in total. The molecule has 0 saturated heterocycles. The number of nitrogens with one attached hydrogen (secondary N) is 2. The average Bonchev–Trinajstić information content (AvgIpc) is 2.43. The molecule has 0 aliphatic rings. The van der Waals surface area contributed by atoms with Crippen LogP contribution in [0.25, 0.3) is 0 Å². The van der Waals surface area contributed by atoms with Gasteiger partial charge in [-0.2, -0.15) is 5.10 Å². The van der Waals surface area contributed by atoms with Crippen LogP contribution in [0, 0.1) is 6.92 Å². The van der Waals surface area contributed by atoms with Crippen molar-refractivity contribution in [1.82, 2.24) is 15.5 Å². The topological polar surface area (TPSA) is 104 Å². The molecule has 84 valence electrons. The van der Waals surface area contributed by atoms with Crippen LogP contribution in [-0.2, 0) is 0 Å². The van der Waals surface area contributed by atoms with Gasteiger partial charge in [-0.3, -0.25) is 9.89 Å². The van der Waals surface area contributed by atoms with Crippen molar-refractivity contribution in [2.75, 3.05) is 12.3 Å². The number of carbonyl (C=O) groups is 1. The minimum Gasteiger partial charge on any atom is -0.395 e. The monoisotopic (exact) mass is 212 g/mol. The zero-order valence-electron chi connectivity index (χ0n) is 9.09. The van der Waals surface area contributed by atoms with Crippen LogP contribution in [0.1, 0.15) is 30.0 Å². The zero-order valence-corrected chi connectivity index (χ0v) is 9.09. The molecule has 0 spiro atoms. The number of nitrogens with zero attached hydrogens (tertiary/aromatic N) is 1. The van der Waals surface area contributed by atoms with Crippen LogP contribution in [0.5, 0.6) is 0 Å². The van der Waals surface area contributed by atoms with Crippen molar-refractivity contribution in [3.8, 4) is 0 Å². The molecule has 1 rings (SSSR count). The molecule has 0 aliphatic heterocycles. The predicted octanol–water partition coefficient (Wildman–Crippen LogP) is -0.199. The molecule has 0 aromatic carbocycles. The summed E-state index contributed by atoms with van der Waals surface area (Å²) in [5.41, 5.74) is 5.83. The number of rotatable bonds is 3. The summed E-state index contributed by atoms with van der Waals surface area (Å²) in [6.07, 6.45) is 0. The SMILES string of the molecule is Cc1[nH]nc(C(=O)NCC(C)(C)O)c1N. The van der Waals surface area contributed by atoms with Crippen molar-refractivity contribution >= 4 is 11.6 Å². The molecule has 15 heavy (non-hydrogen) atoms. The number of hydrogen-bond acceptors (Lipinski definition) is 4. The van der Waals surface area contributed by atoms with E-state index in [1.165, 1.54) is 0 Å². The minimum atomic E-state index is -0.949. The van der Waals surface area contributed by atoms with E-state index in [4.69, 9.17) is 5.73 Å². The number of aliphatic hydroxyl groups is 1. The van der Waals surface area contributed by atoms with E-state index in [0.29, 0.717) is 11.4 Å². The van der Waals surface area contributed by atoms with E-state index < -0.39 is 5.60 Å². The number of anilines is 1. The van der Waals surface area contributed by atoms with Crippen molar-refractivity contribution in [1.29, 1.82) is 0 Å². The van der Waals surface area contributed by atoms with Crippen LogP contribution in [0.2, 0.25) is 0 Å². The maximum Gasteiger partial charge on any atom is 0.274 e. The van der Waals surface area contributed by atoms with E-state index >= 15 is 0 Å². The second-order valence-electron chi connectivity index (χ2n) is 4.11. The Morgan fingerprint density at radius 2 is 2.27 bits per heavy atom. The number of H-pyrrole nitrogens is 1. The highest BCUT2D eigenvalue weighted by molar-refractivity contribution is 5.97. The predicted molar refractivity (Wildman–Crippen MR) is 56.4 cm³/mol. The summed E-state index contributed by atoms with van der Waals surface area (Å²) in [6, 6.07) is 0. The van der Waals surface area contributed by atoms with Crippen LogP contribution < -0.4 is 11.1 Å². The number of amides is 1. The van der Waals surface area contributed by atoms with Crippen molar-refractivity contribution in [2.24, 2.45) is 0 Å². The van der Waals surface area contributed by atoms with Gasteiger partial charge in [0.05, 0.1) is 17.0 Å². The lowest BCUT2D eigenvalue weighted by atomic mass is 10.1. The van der Waals surface area contributed by atoms with Crippen LogP contribution in [0.3, 0.4) is 0 Å². The summed E-state index contributed by atoms with van der Waals surface area (Å²) in [6.45, 7) is 5.09. The summed E-state index contributed by atoms with van der Waals surface area (Å²) in [4.78, 5) is 11.5. The Labute approximate surface area is 87.9 Å². The molecule has 1 amide bonds. The highest BCUT2D eigenvalue weighted by Crippen LogP contribution is 2.12. The van der Waals surface area contributed by atoms with E-state index in [-0.39, 0.29) is 18.1 Å². The summed E-state index contributed by atoms with van der Waals surface area (Å²) in [7, 11) is 0. The number of nitrogens with two attached hydrogens (primary N) is 1. The largest absolute Gasteiger partial charge is 0.395 e. The van der Waals surface area contributed by atoms with Gasteiger partial charge in [0.1, 0.15) is 0 Å². The van der Waals surface area contributed by atoms with E-state index in [1.54, 1.807) is 20.8 Å². The van der Waals surface area contributed by atoms with Gasteiger partial charge < -0.3 is 16.2 Å². The Hall–Kier alpha value is -1.56. The van der Waals surface area contributed by atoms with E-state index in [0.717, 1.165) is 0 Å². The second kappa shape index (κ2) is 3.90. The Balaban J connectivity index is 2.66. The molecule has 0 atom stereocenters. The molecule has 0 fully saturated rings. The first-order valence-corrected chi connectivity index (χ1v) is 4.62. The second-order valence-corrected chi connectivity index (χ2v) is 4.11. The first-order chi connectivity index (χ1) is 6.81. The number of nitrogen functional groups attached to an aromatic ring is 1. The molecule has 6 heteroatoms. The van der Waals surface area contributed by atoms with Crippen molar-refractivity contribution in [2.45, 2.75) is 26.4 Å². The first-order valence-electron chi connectivity index (χ1n) is 4.62. The maximum absolute atomic E-state index is 11.5. The lowest BCUT2D eigenvalue weighted by molar-refractivity contribution is 0.0692. The van der Waals surface area contributed by atoms with Crippen molar-refractivity contribution < 1.29 is 9.90 Å². The van der Waals surface area contributed by atoms with Crippen LogP contribution in [0.4, 0.5) is 5.69 Å². The minimum absolute atomic E-state index is 0.150. The van der Waals surface area contributed by atoms with Gasteiger partial charge >= 0.3 is 0 Å². The fourth-order valence-electron chi connectivity index (χ4n) is 0.991. The van der Waals surface area contributed by atoms with Crippen LogP contribution in [0.15, 0.2) is 0 Å². The van der Waals surface area contributed by atoms with Crippen molar-refractivity contribution in [3.63, 3.8) is 0 Å². The quantitative estimate of drug-likeness (QED) is 0.557.